The van der Waals surface area contributed by atoms with Gasteiger partial charge in [-0.3, -0.25) is 48.1 Å². The number of fused-ring (bicyclic) bond motifs is 4. The van der Waals surface area contributed by atoms with Gasteiger partial charge >= 0.3 is 47.2 Å². The number of hydrogen-bond acceptors (Lipinski definition) is 17. The minimum atomic E-state index is -4.93. The Balaban J connectivity index is 0.000000151. The van der Waals surface area contributed by atoms with Gasteiger partial charge in [0.1, 0.15) is 74.1 Å². The fraction of sp³-hybridized carbons (Fsp3) is 0.380. The van der Waals surface area contributed by atoms with Crippen molar-refractivity contribution < 1.29 is 139 Å². The molecule has 4 aromatic carbocycles. The normalized spacial score (nSPS) is 17.4. The van der Waals surface area contributed by atoms with E-state index >= 15 is 0 Å². The minimum absolute atomic E-state index is 0.0179. The molecule has 5 saturated heterocycles. The van der Waals surface area contributed by atoms with E-state index in [2.05, 4.69) is 4.90 Å². The van der Waals surface area contributed by atoms with Crippen LogP contribution >= 0.6 is 45.3 Å². The Hall–Kier alpha value is -11.3. The number of carbonyl (C=O) groups is 5. The van der Waals surface area contributed by atoms with Crippen molar-refractivity contribution in [3.05, 3.63) is 229 Å². The van der Waals surface area contributed by atoms with Crippen LogP contribution in [-0.4, -0.2) is 168 Å². The second-order valence-electron chi connectivity index (χ2n) is 33.2. The Morgan fingerprint density at radius 3 is 0.993 bits per heavy atom. The number of aromatic nitrogens is 4. The first-order chi connectivity index (χ1) is 65.4. The van der Waals surface area contributed by atoms with Crippen LogP contribution in [0.15, 0.2) is 144 Å². The summed E-state index contributed by atoms with van der Waals surface area (Å²) in [5.41, 5.74) is -6.20. The Morgan fingerprint density at radius 1 is 0.384 bits per heavy atom. The second kappa shape index (κ2) is 44.0. The van der Waals surface area contributed by atoms with E-state index in [-0.39, 0.29) is 173 Å². The van der Waals surface area contributed by atoms with E-state index in [0.29, 0.717) is 75.0 Å². The Kier molecular flexibility index (Phi) is 33.2. The van der Waals surface area contributed by atoms with Gasteiger partial charge in [0.15, 0.2) is 6.29 Å². The number of aliphatic hydroxyl groups excluding tert-OH is 1. The number of halogens is 20. The number of likely N-dealkylation sites (tertiary alicyclic amines) is 5. The van der Waals surface area contributed by atoms with Crippen LogP contribution < -0.4 is 22.2 Å². The first-order valence-corrected chi connectivity index (χ1v) is 47.2. The molecule has 6 fully saturated rings. The molecule has 4 amide bonds. The summed E-state index contributed by atoms with van der Waals surface area (Å²) in [5, 5.41) is 16.1. The van der Waals surface area contributed by atoms with Crippen LogP contribution in [0.1, 0.15) is 114 Å². The van der Waals surface area contributed by atoms with Crippen molar-refractivity contribution in [2.45, 2.75) is 159 Å². The molecule has 18 rings (SSSR count). The molecule has 1 N–H and O–H groups in total. The Bertz CT molecular complexity index is 6860. The quantitative estimate of drug-likeness (QED) is 0.0538. The van der Waals surface area contributed by atoms with Crippen LogP contribution in [0, 0.1) is 23.3 Å². The number of amides is 4. The van der Waals surface area contributed by atoms with E-state index < -0.39 is 169 Å². The predicted molar refractivity (Wildman–Crippen MR) is 471 cm³/mol. The molecular formula is C92H81F20MnN9O12S4. The third-order valence-electron chi connectivity index (χ3n) is 23.9. The molecule has 8 aromatic heterocycles. The Labute approximate surface area is 791 Å². The molecule has 0 radical (unpaired) electrons. The van der Waals surface area contributed by atoms with Crippen LogP contribution in [0.4, 0.5) is 87.8 Å². The van der Waals surface area contributed by atoms with E-state index in [0.717, 1.165) is 97.4 Å². The SMILES string of the molecule is C1CCCC1.O=C(Cn1cc(CN2CCCC2)c2scc(-c3ccc(F)c(C(F)(F)F)c3)c2c1=O)N1CCC(F)C1.O=C(Cn1cc(CO)c2scc(-c3ccc(F)c(C(F)(F)F)c3)c2c1=O)N1CCC(F)C1.O=C(Cn1ccc2scc(-c3ccc(F)c(C(F)(F)F)c3)c2c1=O)N1CCC(F)C1.O=Cc1cn(CC(=O)N2CCC(F)C2)c(=O)c2c(-c3ccc(F)c(C(F)(F)F)c3)csc12.[O]=[Mn]=[O]. The maximum atomic E-state index is 13.9. The van der Waals surface area contributed by atoms with Gasteiger partial charge in [-0.05, 0) is 128 Å². The molecule has 5 aliphatic heterocycles. The van der Waals surface area contributed by atoms with Crippen molar-refractivity contribution in [2.75, 3.05) is 65.4 Å². The average molecular weight is 2070 g/mol. The molecule has 12 aromatic rings. The molecule has 21 nitrogen and oxygen atoms in total. The van der Waals surface area contributed by atoms with Gasteiger partial charge in [-0.25, -0.2) is 35.1 Å². The van der Waals surface area contributed by atoms with Crippen molar-refractivity contribution in [2.24, 2.45) is 0 Å². The number of hydrogen-bond donors (Lipinski definition) is 1. The number of alkyl halides is 16. The summed E-state index contributed by atoms with van der Waals surface area (Å²) in [7, 11) is 0. The zero-order valence-corrected chi connectivity index (χ0v) is 76.6. The molecule has 46 heteroatoms. The predicted octanol–water partition coefficient (Wildman–Crippen LogP) is 19.4. The number of aliphatic hydroxyl groups is 1. The first kappa shape index (κ1) is 104. The average Bonchev–Trinajstić information content (AvgIpc) is 1.61. The number of nitrogens with zero attached hydrogens (tertiary/aromatic N) is 9. The zero-order valence-electron chi connectivity index (χ0n) is 72.1. The molecule has 0 spiro atoms. The molecule has 4 unspecified atom stereocenters. The fourth-order valence-corrected chi connectivity index (χ4v) is 21.1. The van der Waals surface area contributed by atoms with Gasteiger partial charge in [0.05, 0.1) is 81.3 Å². The molecular weight excluding hydrogens is 1990 g/mol. The van der Waals surface area contributed by atoms with E-state index in [1.165, 1.54) is 114 Å². The maximum absolute atomic E-state index is 13.9. The molecule has 737 valence electrons. The van der Waals surface area contributed by atoms with E-state index in [1.807, 2.05) is 0 Å². The van der Waals surface area contributed by atoms with Crippen molar-refractivity contribution in [1.29, 1.82) is 0 Å². The summed E-state index contributed by atoms with van der Waals surface area (Å²) < 4.78 is 290. The third kappa shape index (κ3) is 24.0. The van der Waals surface area contributed by atoms with Crippen LogP contribution in [0.25, 0.3) is 84.9 Å². The van der Waals surface area contributed by atoms with Gasteiger partial charge in [-0.2, -0.15) is 52.7 Å². The second-order valence-corrected chi connectivity index (χ2v) is 36.9. The summed E-state index contributed by atoms with van der Waals surface area (Å²) in [6.45, 7) is 1.17. The molecule has 1 saturated carbocycles. The summed E-state index contributed by atoms with van der Waals surface area (Å²) in [6, 6.07) is 11.7. The van der Waals surface area contributed by atoms with Gasteiger partial charge in [0.25, 0.3) is 22.2 Å². The topological polar surface area (TPSA) is 244 Å². The number of rotatable bonds is 16. The van der Waals surface area contributed by atoms with Crippen LogP contribution in [0.2, 0.25) is 0 Å². The monoisotopic (exact) mass is 2070 g/mol. The summed E-state index contributed by atoms with van der Waals surface area (Å²) in [5.74, 6) is -7.46. The summed E-state index contributed by atoms with van der Waals surface area (Å²) >= 11 is 3.00. The number of aldehydes is 1. The van der Waals surface area contributed by atoms with Gasteiger partial charge in [0, 0.05) is 132 Å². The van der Waals surface area contributed by atoms with Crippen LogP contribution in [-0.2, 0) is 106 Å². The summed E-state index contributed by atoms with van der Waals surface area (Å²) in [4.78, 5) is 122. The number of benzene rings is 4. The van der Waals surface area contributed by atoms with E-state index in [1.54, 1.807) is 17.6 Å². The first-order valence-electron chi connectivity index (χ1n) is 42.7. The molecule has 138 heavy (non-hydrogen) atoms. The molecule has 6 aliphatic rings. The standard InChI is InChI=1S/C25H24F5N3O2S.C21H17F5N2O3S.C21H15F5N2O3S.C20H15F5N2O2S.C5H10.Mn.2O/c26-17-5-8-32(12-17)21(34)13-33-11-16(10-31-6-1-2-7-31)23-22(24(33)35)18(14-36-23)15-3-4-20(27)19(9-15)25(28,29)30;2*22-13-3-4-27(7-13)17(30)8-28-6-12(9-29)19-18(20(28)31)14(10-32-19)11-1-2-16(23)15(5-11)21(24,25)26;21-12-3-5-26(8-12)17(28)9-27-6-4-16-18(19(27)29)13(10-30-16)11-1-2-15(22)14(7-11)20(23,24)25;1-2-4-5-3-1;;;/h3-4,9,11,14,17H,1-2,5-8,10,12-13H2;1-2,5-6,10,13,29H,3-4,7-9H2;1-2,5-6,9-10,13H,3-4,7-8H2;1-2,4,6-7,10,12H,3,5,8-9H2;1-5H2;;;. The van der Waals surface area contributed by atoms with Gasteiger partial charge in [-0.15, -0.1) is 45.3 Å². The molecule has 1 aliphatic carbocycles. The fourth-order valence-electron chi connectivity index (χ4n) is 16.9. The summed E-state index contributed by atoms with van der Waals surface area (Å²) in [6.07, 6.45) is -7.51. The third-order valence-corrected chi connectivity index (χ3v) is 28.0. The van der Waals surface area contributed by atoms with Crippen LogP contribution in [0.5, 0.6) is 0 Å². The number of pyridine rings is 4. The number of thiophene rings is 4. The zero-order chi connectivity index (χ0) is 99.9. The van der Waals surface area contributed by atoms with Crippen molar-refractivity contribution in [3.8, 4) is 44.5 Å². The van der Waals surface area contributed by atoms with Crippen molar-refractivity contribution >= 4 is 116 Å². The van der Waals surface area contributed by atoms with Crippen molar-refractivity contribution in [1.82, 2.24) is 42.8 Å². The van der Waals surface area contributed by atoms with Crippen molar-refractivity contribution in [3.63, 3.8) is 0 Å². The molecule has 13 heterocycles. The molecule has 0 bridgehead atoms. The molecule has 4 atom stereocenters. The number of carbonyl (C=O) groups excluding carboxylic acids is 5. The van der Waals surface area contributed by atoms with E-state index in [9.17, 15) is 136 Å². The Morgan fingerprint density at radius 2 is 0.674 bits per heavy atom. The van der Waals surface area contributed by atoms with Gasteiger partial charge in [-0.1, -0.05) is 56.4 Å². The van der Waals surface area contributed by atoms with Crippen LogP contribution in [0.3, 0.4) is 0 Å². The van der Waals surface area contributed by atoms with Gasteiger partial charge in [0.2, 0.25) is 23.6 Å². The van der Waals surface area contributed by atoms with Gasteiger partial charge < -0.3 is 43.0 Å². The van der Waals surface area contributed by atoms with E-state index in [4.69, 9.17) is 7.67 Å².